The van der Waals surface area contributed by atoms with E-state index >= 15 is 0 Å². The van der Waals surface area contributed by atoms with Crippen LogP contribution in [0, 0.1) is 5.82 Å². The van der Waals surface area contributed by atoms with Gasteiger partial charge < -0.3 is 14.6 Å². The summed E-state index contributed by atoms with van der Waals surface area (Å²) in [7, 11) is 1.67. The minimum Gasteiger partial charge on any atom is -0.383 e. The maximum absolute atomic E-state index is 12.8. The smallest absolute Gasteiger partial charge is 0.207 e. The van der Waals surface area contributed by atoms with Gasteiger partial charge in [0, 0.05) is 25.2 Å². The van der Waals surface area contributed by atoms with E-state index < -0.39 is 0 Å². The number of hydrogen-bond donors (Lipinski definition) is 1. The Balaban J connectivity index is 2.14. The van der Waals surface area contributed by atoms with Gasteiger partial charge in [0.05, 0.1) is 12.6 Å². The van der Waals surface area contributed by atoms with Gasteiger partial charge in [0.25, 0.3) is 0 Å². The first-order chi connectivity index (χ1) is 8.70. The Hall–Kier alpha value is -1.88. The molecule has 1 unspecified atom stereocenters. The molecule has 18 heavy (non-hydrogen) atoms. The Bertz CT molecular complexity index is 495. The van der Waals surface area contributed by atoms with Gasteiger partial charge in [-0.25, -0.2) is 9.37 Å². The van der Waals surface area contributed by atoms with Gasteiger partial charge in [-0.2, -0.15) is 0 Å². The van der Waals surface area contributed by atoms with Crippen LogP contribution in [0.1, 0.15) is 13.0 Å². The number of imidazole rings is 1. The van der Waals surface area contributed by atoms with E-state index in [0.717, 1.165) is 5.69 Å². The summed E-state index contributed by atoms with van der Waals surface area (Å²) in [5.74, 6) is 0.461. The summed E-state index contributed by atoms with van der Waals surface area (Å²) in [4.78, 5) is 4.24. The number of benzene rings is 1. The molecular formula is C13H16FN3O. The molecule has 1 aromatic carbocycles. The zero-order chi connectivity index (χ0) is 13.0. The maximum Gasteiger partial charge on any atom is 0.207 e. The molecule has 0 saturated carbocycles. The van der Waals surface area contributed by atoms with Crippen LogP contribution in [0.3, 0.4) is 0 Å². The van der Waals surface area contributed by atoms with E-state index in [1.165, 1.54) is 12.1 Å². The van der Waals surface area contributed by atoms with E-state index in [1.807, 2.05) is 17.7 Å². The first kappa shape index (κ1) is 12.6. The molecule has 1 heterocycles. The molecule has 0 radical (unpaired) electrons. The second-order valence-corrected chi connectivity index (χ2v) is 4.09. The third-order valence-corrected chi connectivity index (χ3v) is 2.65. The molecule has 0 spiro atoms. The van der Waals surface area contributed by atoms with Crippen molar-refractivity contribution in [1.82, 2.24) is 9.55 Å². The van der Waals surface area contributed by atoms with E-state index in [4.69, 9.17) is 4.74 Å². The summed E-state index contributed by atoms with van der Waals surface area (Å²) in [5, 5.41) is 3.15. The average molecular weight is 249 g/mol. The fourth-order valence-electron chi connectivity index (χ4n) is 1.75. The molecule has 5 heteroatoms. The van der Waals surface area contributed by atoms with Crippen LogP contribution in [0.5, 0.6) is 0 Å². The number of ether oxygens (including phenoxy) is 1. The van der Waals surface area contributed by atoms with Crippen molar-refractivity contribution in [3.63, 3.8) is 0 Å². The van der Waals surface area contributed by atoms with Gasteiger partial charge in [-0.3, -0.25) is 0 Å². The normalized spacial score (nSPS) is 12.4. The highest BCUT2D eigenvalue weighted by molar-refractivity contribution is 5.53. The van der Waals surface area contributed by atoms with Crippen LogP contribution in [-0.4, -0.2) is 23.3 Å². The van der Waals surface area contributed by atoms with Gasteiger partial charge in [-0.1, -0.05) is 0 Å². The van der Waals surface area contributed by atoms with E-state index in [1.54, 1.807) is 25.4 Å². The molecule has 0 aliphatic heterocycles. The molecule has 2 rings (SSSR count). The molecule has 1 aromatic heterocycles. The lowest BCUT2D eigenvalue weighted by Crippen LogP contribution is -2.12. The van der Waals surface area contributed by atoms with Crippen LogP contribution in [-0.2, 0) is 4.74 Å². The Labute approximate surface area is 105 Å². The van der Waals surface area contributed by atoms with Crippen molar-refractivity contribution in [2.75, 3.05) is 19.0 Å². The summed E-state index contributed by atoms with van der Waals surface area (Å²) >= 11 is 0. The molecule has 96 valence electrons. The van der Waals surface area contributed by atoms with E-state index in [0.29, 0.717) is 12.6 Å². The Morgan fingerprint density at radius 1 is 1.39 bits per heavy atom. The SMILES string of the molecule is COCC(C)n1ccnc1Nc1ccc(F)cc1. The predicted octanol–water partition coefficient (Wildman–Crippen LogP) is 2.97. The van der Waals surface area contributed by atoms with Crippen molar-refractivity contribution >= 4 is 11.6 Å². The van der Waals surface area contributed by atoms with Crippen LogP contribution < -0.4 is 5.32 Å². The summed E-state index contributed by atoms with van der Waals surface area (Å²) in [6.45, 7) is 2.65. The molecule has 1 atom stereocenters. The Kier molecular flexibility index (Phi) is 3.94. The summed E-state index contributed by atoms with van der Waals surface area (Å²) in [6.07, 6.45) is 3.60. The van der Waals surface area contributed by atoms with Gasteiger partial charge >= 0.3 is 0 Å². The van der Waals surface area contributed by atoms with Crippen LogP contribution >= 0.6 is 0 Å². The molecule has 4 nitrogen and oxygen atoms in total. The predicted molar refractivity (Wildman–Crippen MR) is 68.5 cm³/mol. The zero-order valence-corrected chi connectivity index (χ0v) is 10.4. The van der Waals surface area contributed by atoms with Gasteiger partial charge in [0.15, 0.2) is 0 Å². The first-order valence-corrected chi connectivity index (χ1v) is 5.75. The standard InChI is InChI=1S/C13H16FN3O/c1-10(9-18-2)17-8-7-15-13(17)16-12-5-3-11(14)4-6-12/h3-8,10H,9H2,1-2H3,(H,15,16). The first-order valence-electron chi connectivity index (χ1n) is 5.75. The van der Waals surface area contributed by atoms with Crippen molar-refractivity contribution in [3.05, 3.63) is 42.5 Å². The number of methoxy groups -OCH3 is 1. The van der Waals surface area contributed by atoms with E-state index in [-0.39, 0.29) is 11.9 Å². The molecule has 0 saturated heterocycles. The summed E-state index contributed by atoms with van der Waals surface area (Å²) < 4.78 is 19.9. The molecule has 0 aliphatic rings. The largest absolute Gasteiger partial charge is 0.383 e. The maximum atomic E-state index is 12.8. The number of nitrogens with zero attached hydrogens (tertiary/aromatic N) is 2. The third kappa shape index (κ3) is 2.87. The Morgan fingerprint density at radius 2 is 2.11 bits per heavy atom. The number of rotatable bonds is 5. The zero-order valence-electron chi connectivity index (χ0n) is 10.4. The van der Waals surface area contributed by atoms with Crippen LogP contribution in [0.2, 0.25) is 0 Å². The van der Waals surface area contributed by atoms with Crippen LogP contribution in [0.15, 0.2) is 36.7 Å². The lowest BCUT2D eigenvalue weighted by Gasteiger charge is -2.16. The van der Waals surface area contributed by atoms with Crippen molar-refractivity contribution in [3.8, 4) is 0 Å². The minimum atomic E-state index is -0.253. The third-order valence-electron chi connectivity index (χ3n) is 2.65. The topological polar surface area (TPSA) is 39.1 Å². The fourth-order valence-corrected chi connectivity index (χ4v) is 1.75. The molecule has 2 aromatic rings. The summed E-state index contributed by atoms with van der Waals surface area (Å²) in [5.41, 5.74) is 0.800. The van der Waals surface area contributed by atoms with Gasteiger partial charge in [-0.15, -0.1) is 0 Å². The van der Waals surface area contributed by atoms with Gasteiger partial charge in [0.2, 0.25) is 5.95 Å². The molecule has 0 fully saturated rings. The van der Waals surface area contributed by atoms with Crippen molar-refractivity contribution in [1.29, 1.82) is 0 Å². The lowest BCUT2D eigenvalue weighted by atomic mass is 10.3. The highest BCUT2D eigenvalue weighted by Gasteiger charge is 2.09. The molecule has 0 aliphatic carbocycles. The molecule has 1 N–H and O–H groups in total. The highest BCUT2D eigenvalue weighted by Crippen LogP contribution is 2.19. The number of hydrogen-bond acceptors (Lipinski definition) is 3. The number of anilines is 2. The van der Waals surface area contributed by atoms with Crippen molar-refractivity contribution < 1.29 is 9.13 Å². The highest BCUT2D eigenvalue weighted by atomic mass is 19.1. The fraction of sp³-hybridized carbons (Fsp3) is 0.308. The number of halogens is 1. The average Bonchev–Trinajstić information content (AvgIpc) is 2.81. The van der Waals surface area contributed by atoms with Gasteiger partial charge in [-0.05, 0) is 31.2 Å². The molecule has 0 amide bonds. The summed E-state index contributed by atoms with van der Waals surface area (Å²) in [6, 6.07) is 6.35. The quantitative estimate of drug-likeness (QED) is 0.885. The molecule has 0 bridgehead atoms. The van der Waals surface area contributed by atoms with Crippen LogP contribution in [0.25, 0.3) is 0 Å². The number of nitrogens with one attached hydrogen (secondary N) is 1. The monoisotopic (exact) mass is 249 g/mol. The molecular weight excluding hydrogens is 233 g/mol. The van der Waals surface area contributed by atoms with E-state index in [9.17, 15) is 4.39 Å². The lowest BCUT2D eigenvalue weighted by molar-refractivity contribution is 0.163. The van der Waals surface area contributed by atoms with Crippen molar-refractivity contribution in [2.45, 2.75) is 13.0 Å². The minimum absolute atomic E-state index is 0.181. The van der Waals surface area contributed by atoms with E-state index in [2.05, 4.69) is 10.3 Å². The number of aromatic nitrogens is 2. The van der Waals surface area contributed by atoms with Gasteiger partial charge in [0.1, 0.15) is 5.82 Å². The Morgan fingerprint density at radius 3 is 2.78 bits per heavy atom. The van der Waals surface area contributed by atoms with Crippen molar-refractivity contribution in [2.24, 2.45) is 0 Å². The van der Waals surface area contributed by atoms with Crippen LogP contribution in [0.4, 0.5) is 16.0 Å². The second-order valence-electron chi connectivity index (χ2n) is 4.09. The second kappa shape index (κ2) is 5.64.